The fourth-order valence-corrected chi connectivity index (χ4v) is 3.57. The first-order valence-corrected chi connectivity index (χ1v) is 9.43. The molecule has 5 nitrogen and oxygen atoms in total. The van der Waals surface area contributed by atoms with Crippen molar-refractivity contribution >= 4 is 35.0 Å². The fraction of sp³-hybridized carbons (Fsp3) is 0.211. The topological polar surface area (TPSA) is 59.8 Å². The summed E-state index contributed by atoms with van der Waals surface area (Å²) in [6.45, 7) is 5.62. The summed E-state index contributed by atoms with van der Waals surface area (Å²) >= 11 is 7.49. The number of nitrogens with one attached hydrogen (secondary N) is 1. The second-order valence-corrected chi connectivity index (χ2v) is 7.58. The summed E-state index contributed by atoms with van der Waals surface area (Å²) in [5.74, 6) is 0.664. The van der Waals surface area contributed by atoms with Gasteiger partial charge in [-0.1, -0.05) is 47.6 Å². The van der Waals surface area contributed by atoms with Gasteiger partial charge in [0.1, 0.15) is 5.82 Å². The molecule has 0 aliphatic heterocycles. The number of hydrogen-bond donors (Lipinski definition) is 1. The highest BCUT2D eigenvalue weighted by atomic mass is 35.5. The second kappa shape index (κ2) is 7.93. The molecule has 7 heteroatoms. The van der Waals surface area contributed by atoms with E-state index in [2.05, 4.69) is 15.5 Å². The third kappa shape index (κ3) is 3.92. The number of carbonyl (C=O) groups excluding carboxylic acids is 1. The van der Waals surface area contributed by atoms with Crippen LogP contribution in [0.2, 0.25) is 5.02 Å². The van der Waals surface area contributed by atoms with Crippen LogP contribution < -0.4 is 5.32 Å². The third-order valence-corrected chi connectivity index (χ3v) is 5.44. The molecule has 26 heavy (non-hydrogen) atoms. The summed E-state index contributed by atoms with van der Waals surface area (Å²) in [5.41, 5.74) is 2.54. The lowest BCUT2D eigenvalue weighted by molar-refractivity contribution is -0.115. The molecule has 0 aliphatic carbocycles. The zero-order chi connectivity index (χ0) is 18.7. The summed E-state index contributed by atoms with van der Waals surface area (Å²) in [6.07, 6.45) is 0. The molecule has 0 saturated heterocycles. The van der Waals surface area contributed by atoms with E-state index in [1.807, 2.05) is 67.8 Å². The van der Waals surface area contributed by atoms with Crippen LogP contribution in [0.25, 0.3) is 5.69 Å². The first-order valence-electron chi connectivity index (χ1n) is 8.17. The molecule has 0 unspecified atom stereocenters. The normalized spacial score (nSPS) is 12.0. The molecule has 2 aromatic carbocycles. The van der Waals surface area contributed by atoms with Crippen LogP contribution in [-0.2, 0) is 4.79 Å². The first kappa shape index (κ1) is 18.5. The molecule has 0 spiro atoms. The van der Waals surface area contributed by atoms with Crippen molar-refractivity contribution in [2.75, 3.05) is 5.32 Å². The molecule has 134 valence electrons. The smallest absolute Gasteiger partial charge is 0.237 e. The second-order valence-electron chi connectivity index (χ2n) is 5.86. The van der Waals surface area contributed by atoms with Crippen LogP contribution in [-0.4, -0.2) is 25.9 Å². The van der Waals surface area contributed by atoms with Crippen LogP contribution in [0.3, 0.4) is 0 Å². The van der Waals surface area contributed by atoms with Crippen LogP contribution in [0.4, 0.5) is 5.69 Å². The van der Waals surface area contributed by atoms with Crippen LogP contribution >= 0.6 is 23.4 Å². The molecule has 3 aromatic rings. The minimum atomic E-state index is -0.348. The highest BCUT2D eigenvalue weighted by Crippen LogP contribution is 2.28. The number of nitrogens with zero attached hydrogens (tertiary/aromatic N) is 3. The average molecular weight is 387 g/mol. The van der Waals surface area contributed by atoms with E-state index in [1.54, 1.807) is 6.07 Å². The number of rotatable bonds is 5. The summed E-state index contributed by atoms with van der Waals surface area (Å²) in [7, 11) is 0. The number of carbonyl (C=O) groups is 1. The van der Waals surface area contributed by atoms with E-state index < -0.39 is 0 Å². The van der Waals surface area contributed by atoms with Gasteiger partial charge in [0.15, 0.2) is 5.16 Å². The van der Waals surface area contributed by atoms with E-state index in [0.717, 1.165) is 22.8 Å². The van der Waals surface area contributed by atoms with Gasteiger partial charge in [0.05, 0.1) is 5.25 Å². The minimum absolute atomic E-state index is 0.111. The van der Waals surface area contributed by atoms with Gasteiger partial charge >= 0.3 is 0 Å². The molecule has 1 N–H and O–H groups in total. The molecule has 1 aromatic heterocycles. The van der Waals surface area contributed by atoms with E-state index >= 15 is 0 Å². The number of benzene rings is 2. The Kier molecular flexibility index (Phi) is 5.64. The lowest BCUT2D eigenvalue weighted by atomic mass is 10.2. The number of aromatic nitrogens is 3. The molecular formula is C19H19ClN4OS. The molecule has 0 saturated carbocycles. The van der Waals surface area contributed by atoms with E-state index in [1.165, 1.54) is 11.8 Å². The Morgan fingerprint density at radius 3 is 2.58 bits per heavy atom. The van der Waals surface area contributed by atoms with E-state index in [4.69, 9.17) is 11.6 Å². The quantitative estimate of drug-likeness (QED) is 0.648. The molecule has 1 heterocycles. The van der Waals surface area contributed by atoms with Crippen molar-refractivity contribution in [2.24, 2.45) is 0 Å². The van der Waals surface area contributed by atoms with Crippen molar-refractivity contribution in [3.8, 4) is 5.69 Å². The van der Waals surface area contributed by atoms with Gasteiger partial charge in [-0.2, -0.15) is 0 Å². The Morgan fingerprint density at radius 2 is 1.85 bits per heavy atom. The van der Waals surface area contributed by atoms with Crippen molar-refractivity contribution < 1.29 is 4.79 Å². The molecule has 0 fully saturated rings. The summed E-state index contributed by atoms with van der Waals surface area (Å²) in [4.78, 5) is 12.6. The van der Waals surface area contributed by atoms with Crippen LogP contribution in [0.15, 0.2) is 53.7 Å². The molecule has 0 bridgehead atoms. The number of thioether (sulfide) groups is 1. The number of aryl methyl sites for hydroxylation is 1. The number of amides is 1. The number of anilines is 1. The Labute approximate surface area is 161 Å². The summed E-state index contributed by atoms with van der Waals surface area (Å²) in [5, 5.41) is 12.3. The lowest BCUT2D eigenvalue weighted by Crippen LogP contribution is -2.23. The fourth-order valence-electron chi connectivity index (χ4n) is 2.48. The van der Waals surface area contributed by atoms with Crippen molar-refractivity contribution in [1.82, 2.24) is 14.8 Å². The van der Waals surface area contributed by atoms with Crippen molar-refractivity contribution in [1.29, 1.82) is 0 Å². The van der Waals surface area contributed by atoms with Crippen LogP contribution in [0, 0.1) is 13.8 Å². The molecule has 0 radical (unpaired) electrons. The first-order chi connectivity index (χ1) is 12.5. The Balaban J connectivity index is 1.77. The molecule has 1 atom stereocenters. The average Bonchev–Trinajstić information content (AvgIpc) is 2.99. The predicted molar refractivity (Wildman–Crippen MR) is 106 cm³/mol. The van der Waals surface area contributed by atoms with Crippen molar-refractivity contribution in [3.05, 3.63) is 64.9 Å². The lowest BCUT2D eigenvalue weighted by Gasteiger charge is -2.14. The molecule has 3 rings (SSSR count). The zero-order valence-corrected chi connectivity index (χ0v) is 16.3. The highest BCUT2D eigenvalue weighted by Gasteiger charge is 2.20. The highest BCUT2D eigenvalue weighted by molar-refractivity contribution is 8.00. The zero-order valence-electron chi connectivity index (χ0n) is 14.7. The minimum Gasteiger partial charge on any atom is -0.325 e. The van der Waals surface area contributed by atoms with Crippen molar-refractivity contribution in [3.63, 3.8) is 0 Å². The maximum absolute atomic E-state index is 12.6. The largest absolute Gasteiger partial charge is 0.325 e. The molecular weight excluding hydrogens is 368 g/mol. The third-order valence-electron chi connectivity index (χ3n) is 3.99. The molecule has 0 aliphatic rings. The van der Waals surface area contributed by atoms with Crippen molar-refractivity contribution in [2.45, 2.75) is 31.2 Å². The van der Waals surface area contributed by atoms with E-state index in [9.17, 15) is 4.79 Å². The SMILES string of the molecule is Cc1c(Cl)cccc1NC(=O)[C@H](C)Sc1nnc(C)n1-c1ccccc1. The van der Waals surface area contributed by atoms with E-state index in [-0.39, 0.29) is 11.2 Å². The Hall–Kier alpha value is -2.31. The maximum atomic E-state index is 12.6. The molecule has 1 amide bonds. The van der Waals surface area contributed by atoms with Gasteiger partial charge in [0.25, 0.3) is 0 Å². The van der Waals surface area contributed by atoms with Crippen LogP contribution in [0.5, 0.6) is 0 Å². The monoisotopic (exact) mass is 386 g/mol. The number of halogens is 1. The summed E-state index contributed by atoms with van der Waals surface area (Å²) < 4.78 is 1.94. The van der Waals surface area contributed by atoms with Gasteiger partial charge < -0.3 is 5.32 Å². The van der Waals surface area contributed by atoms with Gasteiger partial charge in [-0.05, 0) is 50.6 Å². The maximum Gasteiger partial charge on any atom is 0.237 e. The standard InChI is InChI=1S/C19H19ClN4OS/c1-12-16(20)10-7-11-17(12)21-18(25)13(2)26-19-23-22-14(3)24(19)15-8-5-4-6-9-15/h4-11,13H,1-3H3,(H,21,25)/t13-/m0/s1. The van der Waals surface area contributed by atoms with E-state index in [0.29, 0.717) is 10.2 Å². The summed E-state index contributed by atoms with van der Waals surface area (Å²) in [6, 6.07) is 15.3. The Bertz CT molecular complexity index is 927. The Morgan fingerprint density at radius 1 is 1.12 bits per heavy atom. The predicted octanol–water partition coefficient (Wildman–Crippen LogP) is 4.66. The van der Waals surface area contributed by atoms with Gasteiger partial charge in [-0.25, -0.2) is 0 Å². The van der Waals surface area contributed by atoms with Gasteiger partial charge in [0.2, 0.25) is 5.91 Å². The van der Waals surface area contributed by atoms with Gasteiger partial charge in [0, 0.05) is 16.4 Å². The van der Waals surface area contributed by atoms with Gasteiger partial charge in [-0.3, -0.25) is 9.36 Å². The van der Waals surface area contributed by atoms with Gasteiger partial charge in [-0.15, -0.1) is 10.2 Å². The number of hydrogen-bond acceptors (Lipinski definition) is 4. The number of para-hydroxylation sites is 1. The van der Waals surface area contributed by atoms with Crippen LogP contribution in [0.1, 0.15) is 18.3 Å².